The molecule has 0 fully saturated rings. The van der Waals surface area contributed by atoms with Gasteiger partial charge in [-0.2, -0.15) is 0 Å². The predicted molar refractivity (Wildman–Crippen MR) is 48.1 cm³/mol. The Kier molecular flexibility index (Phi) is 1.61. The second kappa shape index (κ2) is 2.63. The summed E-state index contributed by atoms with van der Waals surface area (Å²) in [4.78, 5) is 0. The van der Waals surface area contributed by atoms with Crippen LogP contribution < -0.4 is 0 Å². The fraction of sp³-hybridized carbons (Fsp3) is 0.300. The molecule has 1 aromatic carbocycles. The fourth-order valence-corrected chi connectivity index (χ4v) is 1.25. The van der Waals surface area contributed by atoms with Gasteiger partial charge in [0.25, 0.3) is 0 Å². The van der Waals surface area contributed by atoms with E-state index in [1.165, 1.54) is 5.56 Å². The molecule has 0 unspecified atom stereocenters. The molecule has 12 heavy (non-hydrogen) atoms. The molecule has 2 aromatic rings. The lowest BCUT2D eigenvalue weighted by Crippen LogP contribution is -1.84. The average Bonchev–Trinajstić information content (AvgIpc) is 2.49. The third kappa shape index (κ3) is 1.09. The van der Waals surface area contributed by atoms with E-state index < -0.39 is 0 Å². The lowest BCUT2D eigenvalue weighted by molar-refractivity contribution is 0.456. The number of hydrogen-bond acceptors (Lipinski definition) is 2. The summed E-state index contributed by atoms with van der Waals surface area (Å²) in [5.41, 5.74) is 2.19. The van der Waals surface area contributed by atoms with Crippen molar-refractivity contribution >= 4 is 11.0 Å². The Morgan fingerprint density at radius 2 is 2.17 bits per heavy atom. The minimum atomic E-state index is 0.560. The summed E-state index contributed by atoms with van der Waals surface area (Å²) in [5.74, 6) is 0.560. The van der Waals surface area contributed by atoms with Crippen LogP contribution in [0.25, 0.3) is 11.0 Å². The van der Waals surface area contributed by atoms with E-state index in [0.717, 1.165) is 11.0 Å². The smallest absolute Gasteiger partial charge is 0.166 e. The minimum Gasteiger partial charge on any atom is -0.356 e. The molecule has 0 saturated carbocycles. The van der Waals surface area contributed by atoms with Gasteiger partial charge in [-0.15, -0.1) is 0 Å². The van der Waals surface area contributed by atoms with Crippen LogP contribution >= 0.6 is 0 Å². The molecule has 2 heteroatoms. The van der Waals surface area contributed by atoms with E-state index in [0.29, 0.717) is 5.92 Å². The molecule has 2 rings (SSSR count). The van der Waals surface area contributed by atoms with Crippen LogP contribution in [0.3, 0.4) is 0 Å². The van der Waals surface area contributed by atoms with E-state index in [1.807, 2.05) is 6.07 Å². The van der Waals surface area contributed by atoms with E-state index in [9.17, 15) is 0 Å². The van der Waals surface area contributed by atoms with E-state index >= 15 is 0 Å². The van der Waals surface area contributed by atoms with E-state index in [1.54, 1.807) is 6.20 Å². The van der Waals surface area contributed by atoms with Crippen molar-refractivity contribution in [1.82, 2.24) is 5.16 Å². The first-order valence-electron chi connectivity index (χ1n) is 4.11. The van der Waals surface area contributed by atoms with Crippen molar-refractivity contribution in [3.05, 3.63) is 30.0 Å². The van der Waals surface area contributed by atoms with Gasteiger partial charge in [0.2, 0.25) is 0 Å². The zero-order valence-corrected chi connectivity index (χ0v) is 7.24. The number of nitrogens with zero attached hydrogens (tertiary/aromatic N) is 1. The summed E-state index contributed by atoms with van der Waals surface area (Å²) in [6, 6.07) is 6.17. The molecule has 0 N–H and O–H groups in total. The van der Waals surface area contributed by atoms with Crippen LogP contribution in [0.15, 0.2) is 28.9 Å². The Labute approximate surface area is 71.2 Å². The standard InChI is InChI=1S/C10H11NO/c1-7(2)8-3-4-10-9(5-8)6-11-12-10/h3-7H,1-2H3. The minimum absolute atomic E-state index is 0.560. The largest absolute Gasteiger partial charge is 0.356 e. The Bertz CT molecular complexity index is 389. The molecule has 0 radical (unpaired) electrons. The zero-order valence-electron chi connectivity index (χ0n) is 7.24. The van der Waals surface area contributed by atoms with Crippen LogP contribution in [-0.4, -0.2) is 5.16 Å². The van der Waals surface area contributed by atoms with Gasteiger partial charge in [-0.3, -0.25) is 0 Å². The van der Waals surface area contributed by atoms with Gasteiger partial charge in [-0.1, -0.05) is 25.1 Å². The van der Waals surface area contributed by atoms with Crippen molar-refractivity contribution in [2.24, 2.45) is 0 Å². The first-order chi connectivity index (χ1) is 5.77. The van der Waals surface area contributed by atoms with Crippen molar-refractivity contribution < 1.29 is 4.52 Å². The maximum absolute atomic E-state index is 5.00. The molecule has 0 aliphatic rings. The topological polar surface area (TPSA) is 26.0 Å². The van der Waals surface area contributed by atoms with E-state index in [4.69, 9.17) is 4.52 Å². The summed E-state index contributed by atoms with van der Waals surface area (Å²) in [6.07, 6.45) is 1.75. The second-order valence-corrected chi connectivity index (χ2v) is 3.28. The number of fused-ring (bicyclic) bond motifs is 1. The average molecular weight is 161 g/mol. The Hall–Kier alpha value is -1.31. The Morgan fingerprint density at radius 3 is 2.92 bits per heavy atom. The van der Waals surface area contributed by atoms with Crippen molar-refractivity contribution in [1.29, 1.82) is 0 Å². The van der Waals surface area contributed by atoms with Gasteiger partial charge in [0.15, 0.2) is 5.58 Å². The summed E-state index contributed by atoms with van der Waals surface area (Å²) < 4.78 is 5.00. The van der Waals surface area contributed by atoms with Gasteiger partial charge in [-0.25, -0.2) is 0 Å². The molecule has 0 aliphatic carbocycles. The second-order valence-electron chi connectivity index (χ2n) is 3.28. The molecular weight excluding hydrogens is 150 g/mol. The third-order valence-electron chi connectivity index (χ3n) is 2.04. The first kappa shape index (κ1) is 7.35. The first-order valence-corrected chi connectivity index (χ1v) is 4.11. The van der Waals surface area contributed by atoms with Gasteiger partial charge in [0.05, 0.1) is 6.20 Å². The highest BCUT2D eigenvalue weighted by atomic mass is 16.5. The molecule has 0 amide bonds. The maximum Gasteiger partial charge on any atom is 0.166 e. The monoisotopic (exact) mass is 161 g/mol. The Balaban J connectivity index is 2.60. The lowest BCUT2D eigenvalue weighted by atomic mass is 10.0. The van der Waals surface area contributed by atoms with Crippen LogP contribution in [0.1, 0.15) is 25.3 Å². The molecule has 0 aliphatic heterocycles. The van der Waals surface area contributed by atoms with E-state index in [2.05, 4.69) is 31.1 Å². The lowest BCUT2D eigenvalue weighted by Gasteiger charge is -2.02. The molecule has 0 saturated heterocycles. The van der Waals surface area contributed by atoms with Gasteiger partial charge >= 0.3 is 0 Å². The molecule has 1 heterocycles. The van der Waals surface area contributed by atoms with Gasteiger partial charge in [0, 0.05) is 5.39 Å². The van der Waals surface area contributed by atoms with Crippen LogP contribution in [0.5, 0.6) is 0 Å². The van der Waals surface area contributed by atoms with Crippen molar-refractivity contribution in [2.45, 2.75) is 19.8 Å². The van der Waals surface area contributed by atoms with Gasteiger partial charge < -0.3 is 4.52 Å². The van der Waals surface area contributed by atoms with Crippen LogP contribution in [0.4, 0.5) is 0 Å². The van der Waals surface area contributed by atoms with Crippen LogP contribution in [-0.2, 0) is 0 Å². The quantitative estimate of drug-likeness (QED) is 0.642. The highest BCUT2D eigenvalue weighted by Gasteiger charge is 2.02. The number of hydrogen-bond donors (Lipinski definition) is 0. The number of rotatable bonds is 1. The summed E-state index contributed by atoms with van der Waals surface area (Å²) in [6.45, 7) is 4.35. The molecule has 2 nitrogen and oxygen atoms in total. The SMILES string of the molecule is CC(C)c1ccc2oncc2c1. The summed E-state index contributed by atoms with van der Waals surface area (Å²) in [5, 5.41) is 4.81. The Morgan fingerprint density at radius 1 is 1.33 bits per heavy atom. The van der Waals surface area contributed by atoms with Crippen molar-refractivity contribution in [3.8, 4) is 0 Å². The molecule has 0 spiro atoms. The fourth-order valence-electron chi connectivity index (χ4n) is 1.25. The van der Waals surface area contributed by atoms with Crippen LogP contribution in [0.2, 0.25) is 0 Å². The molecule has 1 aromatic heterocycles. The van der Waals surface area contributed by atoms with Crippen molar-refractivity contribution in [2.75, 3.05) is 0 Å². The van der Waals surface area contributed by atoms with Gasteiger partial charge in [-0.05, 0) is 23.6 Å². The number of aromatic nitrogens is 1. The summed E-state index contributed by atoms with van der Waals surface area (Å²) >= 11 is 0. The summed E-state index contributed by atoms with van der Waals surface area (Å²) in [7, 11) is 0. The molecule has 0 bridgehead atoms. The molecular formula is C10H11NO. The zero-order chi connectivity index (χ0) is 8.55. The third-order valence-corrected chi connectivity index (χ3v) is 2.04. The molecule has 0 atom stereocenters. The normalized spacial score (nSPS) is 11.2. The highest BCUT2D eigenvalue weighted by Crippen LogP contribution is 2.20. The number of benzene rings is 1. The van der Waals surface area contributed by atoms with Crippen molar-refractivity contribution in [3.63, 3.8) is 0 Å². The molecule has 62 valence electrons. The maximum atomic E-state index is 5.00. The van der Waals surface area contributed by atoms with Crippen LogP contribution in [0, 0.1) is 0 Å². The van der Waals surface area contributed by atoms with E-state index in [-0.39, 0.29) is 0 Å². The van der Waals surface area contributed by atoms with Gasteiger partial charge in [0.1, 0.15) is 0 Å². The highest BCUT2D eigenvalue weighted by molar-refractivity contribution is 5.76. The predicted octanol–water partition coefficient (Wildman–Crippen LogP) is 2.95.